The highest BCUT2D eigenvalue weighted by molar-refractivity contribution is 5.93. The van der Waals surface area contributed by atoms with Gasteiger partial charge in [0.15, 0.2) is 11.6 Å². The van der Waals surface area contributed by atoms with Crippen LogP contribution in [0.1, 0.15) is 36.2 Å². The van der Waals surface area contributed by atoms with Crippen molar-refractivity contribution in [1.82, 2.24) is 14.7 Å². The standard InChI is InChI=1S/C24H26FN3O3/c1-17-19-6-2-4-8-21(19)28(26-17)24(30)11-10-23(29)27-14-12-18(16-27)13-15-31-22-9-5-3-7-20(22)25/h2-9,18H,10-16H2,1H3. The molecule has 1 atom stereocenters. The van der Waals surface area contributed by atoms with Crippen LogP contribution in [0.2, 0.25) is 0 Å². The molecule has 6 nitrogen and oxygen atoms in total. The molecule has 2 heterocycles. The Kier molecular flexibility index (Phi) is 6.30. The SMILES string of the molecule is Cc1nn(C(=O)CCC(=O)N2CCC(CCOc3ccccc3F)C2)c2ccccc12. The van der Waals surface area contributed by atoms with E-state index in [2.05, 4.69) is 5.10 Å². The van der Waals surface area contributed by atoms with Crippen LogP contribution in [0.4, 0.5) is 4.39 Å². The molecule has 7 heteroatoms. The van der Waals surface area contributed by atoms with Gasteiger partial charge in [0.05, 0.1) is 17.8 Å². The van der Waals surface area contributed by atoms with Gasteiger partial charge < -0.3 is 9.64 Å². The zero-order valence-electron chi connectivity index (χ0n) is 17.6. The lowest BCUT2D eigenvalue weighted by Gasteiger charge is -2.16. The average molecular weight is 423 g/mol. The van der Waals surface area contributed by atoms with Crippen LogP contribution in [-0.4, -0.2) is 46.2 Å². The summed E-state index contributed by atoms with van der Waals surface area (Å²) < 4.78 is 20.5. The van der Waals surface area contributed by atoms with Crippen molar-refractivity contribution in [1.29, 1.82) is 0 Å². The molecule has 3 aromatic rings. The maximum atomic E-state index is 13.6. The quantitative estimate of drug-likeness (QED) is 0.571. The smallest absolute Gasteiger partial charge is 0.247 e. The second kappa shape index (κ2) is 9.29. The van der Waals surface area contributed by atoms with Gasteiger partial charge in [-0.15, -0.1) is 0 Å². The number of aromatic nitrogens is 2. The van der Waals surface area contributed by atoms with Crippen LogP contribution in [0.3, 0.4) is 0 Å². The molecular formula is C24H26FN3O3. The maximum Gasteiger partial charge on any atom is 0.247 e. The monoisotopic (exact) mass is 423 g/mol. The summed E-state index contributed by atoms with van der Waals surface area (Å²) in [5.74, 6) is 0.0266. The number of hydrogen-bond acceptors (Lipinski definition) is 4. The zero-order chi connectivity index (χ0) is 21.8. The molecule has 1 aliphatic heterocycles. The number of aryl methyl sites for hydroxylation is 1. The molecule has 1 unspecified atom stereocenters. The number of hydrogen-bond donors (Lipinski definition) is 0. The highest BCUT2D eigenvalue weighted by Crippen LogP contribution is 2.23. The van der Waals surface area contributed by atoms with Gasteiger partial charge in [0, 0.05) is 31.3 Å². The number of nitrogens with zero attached hydrogens (tertiary/aromatic N) is 3. The Labute approximate surface area is 180 Å². The summed E-state index contributed by atoms with van der Waals surface area (Å²) in [7, 11) is 0. The molecule has 0 radical (unpaired) electrons. The number of benzene rings is 2. The maximum absolute atomic E-state index is 13.6. The highest BCUT2D eigenvalue weighted by atomic mass is 19.1. The van der Waals surface area contributed by atoms with Gasteiger partial charge >= 0.3 is 0 Å². The molecule has 2 aromatic carbocycles. The predicted octanol–water partition coefficient (Wildman–Crippen LogP) is 4.22. The van der Waals surface area contributed by atoms with E-state index in [-0.39, 0.29) is 36.2 Å². The number of para-hydroxylation sites is 2. The number of rotatable bonds is 7. The first kappa shape index (κ1) is 21.0. The Bertz CT molecular complexity index is 1090. The Morgan fingerprint density at radius 2 is 1.84 bits per heavy atom. The number of likely N-dealkylation sites (tertiary alicyclic amines) is 1. The van der Waals surface area contributed by atoms with E-state index in [1.807, 2.05) is 36.1 Å². The Hall–Kier alpha value is -3.22. The van der Waals surface area contributed by atoms with E-state index in [4.69, 9.17) is 4.74 Å². The van der Waals surface area contributed by atoms with Crippen molar-refractivity contribution in [2.24, 2.45) is 5.92 Å². The fourth-order valence-corrected chi connectivity index (χ4v) is 4.08. The lowest BCUT2D eigenvalue weighted by molar-refractivity contribution is -0.130. The van der Waals surface area contributed by atoms with Crippen molar-refractivity contribution in [3.05, 3.63) is 60.0 Å². The van der Waals surface area contributed by atoms with Crippen LogP contribution in [0.25, 0.3) is 10.9 Å². The first-order valence-electron chi connectivity index (χ1n) is 10.7. The van der Waals surface area contributed by atoms with E-state index >= 15 is 0 Å². The van der Waals surface area contributed by atoms with Crippen molar-refractivity contribution >= 4 is 22.7 Å². The molecule has 162 valence electrons. The van der Waals surface area contributed by atoms with Gasteiger partial charge in [-0.2, -0.15) is 9.78 Å². The molecule has 31 heavy (non-hydrogen) atoms. The number of carbonyl (C=O) groups excluding carboxylic acids is 2. The summed E-state index contributed by atoms with van der Waals surface area (Å²) in [5.41, 5.74) is 1.57. The van der Waals surface area contributed by atoms with Crippen molar-refractivity contribution in [2.45, 2.75) is 32.6 Å². The van der Waals surface area contributed by atoms with E-state index in [0.29, 0.717) is 25.6 Å². The van der Waals surface area contributed by atoms with E-state index in [9.17, 15) is 14.0 Å². The Balaban J connectivity index is 1.24. The lowest BCUT2D eigenvalue weighted by Crippen LogP contribution is -2.29. The molecule has 0 N–H and O–H groups in total. The van der Waals surface area contributed by atoms with Gasteiger partial charge in [-0.3, -0.25) is 9.59 Å². The van der Waals surface area contributed by atoms with E-state index < -0.39 is 0 Å². The predicted molar refractivity (Wildman–Crippen MR) is 116 cm³/mol. The molecule has 0 saturated carbocycles. The Morgan fingerprint density at radius 1 is 1.10 bits per heavy atom. The number of halogens is 1. The van der Waals surface area contributed by atoms with E-state index in [1.54, 1.807) is 18.2 Å². The Morgan fingerprint density at radius 3 is 2.68 bits per heavy atom. The second-order valence-corrected chi connectivity index (χ2v) is 7.97. The first-order chi connectivity index (χ1) is 15.0. The van der Waals surface area contributed by atoms with Crippen LogP contribution in [0.5, 0.6) is 5.75 Å². The molecule has 0 bridgehead atoms. The normalized spacial score (nSPS) is 16.1. The largest absolute Gasteiger partial charge is 0.491 e. The van der Waals surface area contributed by atoms with Gasteiger partial charge in [0.1, 0.15) is 0 Å². The third kappa shape index (κ3) is 4.76. The summed E-state index contributed by atoms with van der Waals surface area (Å²) in [6, 6.07) is 13.9. The number of amides is 1. The molecule has 4 rings (SSSR count). The highest BCUT2D eigenvalue weighted by Gasteiger charge is 2.26. The molecule has 1 aromatic heterocycles. The van der Waals surface area contributed by atoms with Crippen LogP contribution >= 0.6 is 0 Å². The van der Waals surface area contributed by atoms with Crippen LogP contribution < -0.4 is 4.74 Å². The van der Waals surface area contributed by atoms with Gasteiger partial charge in [-0.1, -0.05) is 30.3 Å². The fourth-order valence-electron chi connectivity index (χ4n) is 4.08. The summed E-state index contributed by atoms with van der Waals surface area (Å²) in [6.45, 7) is 3.62. The van der Waals surface area contributed by atoms with Crippen molar-refractivity contribution in [3.63, 3.8) is 0 Å². The fraction of sp³-hybridized carbons (Fsp3) is 0.375. The van der Waals surface area contributed by atoms with Crippen molar-refractivity contribution < 1.29 is 18.7 Å². The van der Waals surface area contributed by atoms with Gasteiger partial charge in [0.2, 0.25) is 11.8 Å². The lowest BCUT2D eigenvalue weighted by atomic mass is 10.1. The topological polar surface area (TPSA) is 64.4 Å². The average Bonchev–Trinajstić information content (AvgIpc) is 3.38. The molecule has 1 fully saturated rings. The zero-order valence-corrected chi connectivity index (χ0v) is 17.6. The summed E-state index contributed by atoms with van der Waals surface area (Å²) in [6.07, 6.45) is 1.95. The summed E-state index contributed by atoms with van der Waals surface area (Å²) >= 11 is 0. The molecule has 1 aliphatic rings. The van der Waals surface area contributed by atoms with Crippen LogP contribution in [0, 0.1) is 18.7 Å². The minimum atomic E-state index is -0.365. The van der Waals surface area contributed by atoms with Gasteiger partial charge in [-0.05, 0) is 43.9 Å². The molecular weight excluding hydrogens is 397 g/mol. The molecule has 1 saturated heterocycles. The third-order valence-electron chi connectivity index (χ3n) is 5.82. The van der Waals surface area contributed by atoms with Crippen molar-refractivity contribution in [3.8, 4) is 5.75 Å². The van der Waals surface area contributed by atoms with Crippen LogP contribution in [0.15, 0.2) is 48.5 Å². The molecule has 0 spiro atoms. The van der Waals surface area contributed by atoms with E-state index in [0.717, 1.165) is 29.4 Å². The molecule has 1 amide bonds. The third-order valence-corrected chi connectivity index (χ3v) is 5.82. The molecule has 0 aliphatic carbocycles. The van der Waals surface area contributed by atoms with Gasteiger partial charge in [0.25, 0.3) is 0 Å². The van der Waals surface area contributed by atoms with Crippen LogP contribution in [-0.2, 0) is 4.79 Å². The summed E-state index contributed by atoms with van der Waals surface area (Å²) in [5, 5.41) is 5.29. The minimum Gasteiger partial charge on any atom is -0.491 e. The number of ether oxygens (including phenoxy) is 1. The second-order valence-electron chi connectivity index (χ2n) is 7.97. The minimum absolute atomic E-state index is 0.0148. The van der Waals surface area contributed by atoms with Crippen molar-refractivity contribution in [2.75, 3.05) is 19.7 Å². The first-order valence-corrected chi connectivity index (χ1v) is 10.7. The number of carbonyl (C=O) groups is 2. The number of fused-ring (bicyclic) bond motifs is 1. The van der Waals surface area contributed by atoms with Gasteiger partial charge in [-0.25, -0.2) is 4.39 Å². The summed E-state index contributed by atoms with van der Waals surface area (Å²) in [4.78, 5) is 27.1. The van der Waals surface area contributed by atoms with E-state index in [1.165, 1.54) is 10.7 Å².